The Balaban J connectivity index is 1.38. The monoisotopic (exact) mass is 324 g/mol. The van der Waals surface area contributed by atoms with E-state index in [1.807, 2.05) is 0 Å². The zero-order valence-corrected chi connectivity index (χ0v) is 14.1. The lowest BCUT2D eigenvalue weighted by Gasteiger charge is -2.25. The highest BCUT2D eigenvalue weighted by Gasteiger charge is 2.26. The first-order valence-corrected chi connectivity index (χ1v) is 8.93. The Morgan fingerprint density at radius 3 is 3.08 bits per heavy atom. The summed E-state index contributed by atoms with van der Waals surface area (Å²) in [6.07, 6.45) is 5.39. The van der Waals surface area contributed by atoms with Crippen LogP contribution >= 0.6 is 0 Å². The molecule has 2 aromatic rings. The van der Waals surface area contributed by atoms with Crippen molar-refractivity contribution in [2.75, 3.05) is 18.0 Å². The lowest BCUT2D eigenvalue weighted by atomic mass is 9.96. The summed E-state index contributed by atoms with van der Waals surface area (Å²) in [7, 11) is 0. The Morgan fingerprint density at radius 1 is 1.33 bits per heavy atom. The van der Waals surface area contributed by atoms with Crippen molar-refractivity contribution in [2.24, 2.45) is 0 Å². The second-order valence-electron chi connectivity index (χ2n) is 6.87. The maximum Gasteiger partial charge on any atom is 0.272 e. The lowest BCUT2D eigenvalue weighted by molar-refractivity contribution is 0.0948. The summed E-state index contributed by atoms with van der Waals surface area (Å²) < 4.78 is 0. The maximum atomic E-state index is 12.5. The number of hydrogen-bond acceptors (Lipinski definition) is 3. The number of nitrogens with zero attached hydrogens (tertiary/aromatic N) is 2. The van der Waals surface area contributed by atoms with Gasteiger partial charge in [-0.1, -0.05) is 18.2 Å². The molecule has 2 heterocycles. The fourth-order valence-electron chi connectivity index (χ4n) is 4.01. The number of rotatable bonds is 4. The first kappa shape index (κ1) is 15.2. The molecule has 1 unspecified atom stereocenters. The van der Waals surface area contributed by atoms with Gasteiger partial charge in [-0.15, -0.1) is 0 Å². The molecule has 126 valence electrons. The summed E-state index contributed by atoms with van der Waals surface area (Å²) in [5.74, 6) is -0.0467. The molecule has 5 heteroatoms. The van der Waals surface area contributed by atoms with E-state index in [0.29, 0.717) is 18.3 Å². The topological polar surface area (TPSA) is 61.0 Å². The SMILES string of the molecule is CC1Cc2ccccc2N1CCNC(=O)c1n[nH]c2c1CCCC2. The molecule has 5 nitrogen and oxygen atoms in total. The molecule has 0 saturated carbocycles. The summed E-state index contributed by atoms with van der Waals surface area (Å²) >= 11 is 0. The highest BCUT2D eigenvalue weighted by molar-refractivity contribution is 5.94. The van der Waals surface area contributed by atoms with Crippen LogP contribution in [0.3, 0.4) is 0 Å². The molecule has 1 aliphatic heterocycles. The average molecular weight is 324 g/mol. The first-order valence-electron chi connectivity index (χ1n) is 8.93. The maximum absolute atomic E-state index is 12.5. The third kappa shape index (κ3) is 2.68. The van der Waals surface area contributed by atoms with Gasteiger partial charge in [-0.2, -0.15) is 5.10 Å². The lowest BCUT2D eigenvalue weighted by Crippen LogP contribution is -2.38. The molecule has 0 spiro atoms. The minimum Gasteiger partial charge on any atom is -0.367 e. The van der Waals surface area contributed by atoms with Gasteiger partial charge in [0.2, 0.25) is 0 Å². The van der Waals surface area contributed by atoms with Crippen molar-refractivity contribution in [1.82, 2.24) is 15.5 Å². The molecule has 2 N–H and O–H groups in total. The summed E-state index contributed by atoms with van der Waals surface area (Å²) in [5.41, 5.74) is 5.57. The first-order chi connectivity index (χ1) is 11.7. The minimum absolute atomic E-state index is 0.0467. The number of aromatic nitrogens is 2. The summed E-state index contributed by atoms with van der Waals surface area (Å²) in [6, 6.07) is 9.03. The van der Waals surface area contributed by atoms with Crippen LogP contribution < -0.4 is 10.2 Å². The number of hydrogen-bond donors (Lipinski definition) is 2. The van der Waals surface area contributed by atoms with E-state index in [1.54, 1.807) is 0 Å². The molecular weight excluding hydrogens is 300 g/mol. The molecule has 0 fully saturated rings. The number of carbonyl (C=O) groups excluding carboxylic acids is 1. The molecule has 4 rings (SSSR count). The van der Waals surface area contributed by atoms with Gasteiger partial charge in [0.25, 0.3) is 5.91 Å². The average Bonchev–Trinajstić information content (AvgIpc) is 3.16. The van der Waals surface area contributed by atoms with Crippen molar-refractivity contribution in [3.8, 4) is 0 Å². The molecule has 0 bridgehead atoms. The zero-order valence-electron chi connectivity index (χ0n) is 14.1. The fraction of sp³-hybridized carbons (Fsp3) is 0.474. The van der Waals surface area contributed by atoms with E-state index in [9.17, 15) is 4.79 Å². The summed E-state index contributed by atoms with van der Waals surface area (Å²) in [6.45, 7) is 3.71. The van der Waals surface area contributed by atoms with Crippen molar-refractivity contribution in [2.45, 2.75) is 45.1 Å². The number of nitrogens with one attached hydrogen (secondary N) is 2. The molecule has 2 aliphatic rings. The molecule has 1 aromatic heterocycles. The Morgan fingerprint density at radius 2 is 2.17 bits per heavy atom. The van der Waals surface area contributed by atoms with Gasteiger partial charge < -0.3 is 10.2 Å². The van der Waals surface area contributed by atoms with Crippen molar-refractivity contribution in [3.05, 3.63) is 46.8 Å². The van der Waals surface area contributed by atoms with Gasteiger partial charge >= 0.3 is 0 Å². The zero-order chi connectivity index (χ0) is 16.5. The van der Waals surface area contributed by atoms with E-state index in [-0.39, 0.29) is 5.91 Å². The highest BCUT2D eigenvalue weighted by Crippen LogP contribution is 2.31. The van der Waals surface area contributed by atoms with Crippen LogP contribution in [0.15, 0.2) is 24.3 Å². The number of benzene rings is 1. The normalized spacial score (nSPS) is 19.0. The Kier molecular flexibility index (Phi) is 4.00. The largest absolute Gasteiger partial charge is 0.367 e. The smallest absolute Gasteiger partial charge is 0.272 e. The third-order valence-corrected chi connectivity index (χ3v) is 5.26. The molecule has 24 heavy (non-hydrogen) atoms. The van der Waals surface area contributed by atoms with Crippen molar-refractivity contribution in [3.63, 3.8) is 0 Å². The Labute approximate surface area is 142 Å². The molecule has 1 atom stereocenters. The predicted octanol–water partition coefficient (Wildman–Crippen LogP) is 2.47. The van der Waals surface area contributed by atoms with Crippen LogP contribution in [0.25, 0.3) is 0 Å². The van der Waals surface area contributed by atoms with Crippen LogP contribution in [0.2, 0.25) is 0 Å². The van der Waals surface area contributed by atoms with Gasteiger partial charge in [-0.05, 0) is 50.7 Å². The fourth-order valence-corrected chi connectivity index (χ4v) is 4.01. The van der Waals surface area contributed by atoms with Gasteiger partial charge in [0, 0.05) is 36.1 Å². The van der Waals surface area contributed by atoms with E-state index in [4.69, 9.17) is 0 Å². The standard InChI is InChI=1S/C19H24N4O/c1-13-12-14-6-2-5-9-17(14)23(13)11-10-20-19(24)18-15-7-3-4-8-16(15)21-22-18/h2,5-6,9,13H,3-4,7-8,10-12H2,1H3,(H,20,24)(H,21,22). The molecular formula is C19H24N4O. The van der Waals surface area contributed by atoms with E-state index < -0.39 is 0 Å². The van der Waals surface area contributed by atoms with E-state index in [0.717, 1.165) is 43.5 Å². The Bertz CT molecular complexity index is 752. The van der Waals surface area contributed by atoms with Crippen LogP contribution in [0.1, 0.15) is 47.1 Å². The third-order valence-electron chi connectivity index (χ3n) is 5.26. The van der Waals surface area contributed by atoms with Crippen LogP contribution in [0, 0.1) is 0 Å². The number of fused-ring (bicyclic) bond motifs is 2. The van der Waals surface area contributed by atoms with Gasteiger partial charge in [0.05, 0.1) is 0 Å². The number of aryl methyl sites for hydroxylation is 1. The summed E-state index contributed by atoms with van der Waals surface area (Å²) in [4.78, 5) is 14.9. The van der Waals surface area contributed by atoms with Crippen molar-refractivity contribution < 1.29 is 4.79 Å². The molecule has 0 saturated heterocycles. The number of anilines is 1. The van der Waals surface area contributed by atoms with Gasteiger partial charge in [-0.25, -0.2) is 0 Å². The van der Waals surface area contributed by atoms with Crippen molar-refractivity contribution in [1.29, 1.82) is 0 Å². The van der Waals surface area contributed by atoms with E-state index >= 15 is 0 Å². The number of amides is 1. The molecule has 0 radical (unpaired) electrons. The second kappa shape index (κ2) is 6.30. The number of para-hydroxylation sites is 1. The number of aromatic amines is 1. The van der Waals surface area contributed by atoms with Crippen LogP contribution in [0.5, 0.6) is 0 Å². The predicted molar refractivity (Wildman–Crippen MR) is 94.5 cm³/mol. The molecule has 1 aliphatic carbocycles. The van der Waals surface area contributed by atoms with Crippen LogP contribution in [0.4, 0.5) is 5.69 Å². The van der Waals surface area contributed by atoms with Crippen LogP contribution in [-0.4, -0.2) is 35.2 Å². The van der Waals surface area contributed by atoms with Gasteiger partial charge in [-0.3, -0.25) is 9.89 Å². The summed E-state index contributed by atoms with van der Waals surface area (Å²) in [5, 5.41) is 10.3. The van der Waals surface area contributed by atoms with Gasteiger partial charge in [0.15, 0.2) is 5.69 Å². The van der Waals surface area contributed by atoms with E-state index in [2.05, 4.69) is 51.6 Å². The van der Waals surface area contributed by atoms with E-state index in [1.165, 1.54) is 17.7 Å². The van der Waals surface area contributed by atoms with Crippen molar-refractivity contribution >= 4 is 11.6 Å². The molecule has 1 aromatic carbocycles. The Hall–Kier alpha value is -2.30. The molecule has 1 amide bonds. The number of carbonyl (C=O) groups is 1. The van der Waals surface area contributed by atoms with Gasteiger partial charge in [0.1, 0.15) is 0 Å². The van der Waals surface area contributed by atoms with Crippen LogP contribution in [-0.2, 0) is 19.3 Å². The second-order valence-corrected chi connectivity index (χ2v) is 6.87. The number of H-pyrrole nitrogens is 1. The minimum atomic E-state index is -0.0467. The quantitative estimate of drug-likeness (QED) is 0.908. The highest BCUT2D eigenvalue weighted by atomic mass is 16.1.